The molecular weight excluding hydrogens is 372 g/mol. The molecule has 2 aliphatic rings. The summed E-state index contributed by atoms with van der Waals surface area (Å²) in [7, 11) is 0. The smallest absolute Gasteiger partial charge is 0.224 e. The van der Waals surface area contributed by atoms with Gasteiger partial charge in [0, 0.05) is 31.5 Å². The summed E-state index contributed by atoms with van der Waals surface area (Å²) >= 11 is 0. The van der Waals surface area contributed by atoms with Gasteiger partial charge in [0.25, 0.3) is 0 Å². The lowest BCUT2D eigenvalue weighted by atomic mass is 10.1. The van der Waals surface area contributed by atoms with Gasteiger partial charge in [-0.25, -0.2) is 0 Å². The molecule has 0 spiro atoms. The Morgan fingerprint density at radius 2 is 1.66 bits per heavy atom. The fraction of sp³-hybridized carbons (Fsp3) is 0.364. The number of carbonyl (C=O) groups is 2. The number of benzene rings is 2. The van der Waals surface area contributed by atoms with Crippen molar-refractivity contribution in [1.29, 1.82) is 0 Å². The van der Waals surface area contributed by atoms with E-state index >= 15 is 0 Å². The Morgan fingerprint density at radius 3 is 2.48 bits per heavy atom. The van der Waals surface area contributed by atoms with E-state index in [1.165, 1.54) is 0 Å². The van der Waals surface area contributed by atoms with E-state index in [4.69, 9.17) is 14.2 Å². The summed E-state index contributed by atoms with van der Waals surface area (Å²) < 4.78 is 16.4. The van der Waals surface area contributed by atoms with Crippen LogP contribution >= 0.6 is 0 Å². The largest absolute Gasteiger partial charge is 0.486 e. The Kier molecular flexibility index (Phi) is 5.95. The molecule has 2 aromatic rings. The third kappa shape index (κ3) is 4.68. The second-order valence-electron chi connectivity index (χ2n) is 6.95. The summed E-state index contributed by atoms with van der Waals surface area (Å²) in [5.41, 5.74) is 2.25. The molecule has 2 aliphatic heterocycles. The first-order valence-electron chi connectivity index (χ1n) is 9.85. The van der Waals surface area contributed by atoms with Crippen molar-refractivity contribution in [2.24, 2.45) is 0 Å². The maximum absolute atomic E-state index is 12.5. The summed E-state index contributed by atoms with van der Waals surface area (Å²) in [5, 5.41) is 2.95. The topological polar surface area (TPSA) is 77.1 Å². The molecule has 0 unspecified atom stereocenters. The minimum absolute atomic E-state index is 0.0985. The average Bonchev–Trinajstić information content (AvgIpc) is 2.78. The van der Waals surface area contributed by atoms with Crippen LogP contribution < -0.4 is 19.7 Å². The van der Waals surface area contributed by atoms with Gasteiger partial charge in [-0.1, -0.05) is 12.1 Å². The molecule has 1 amide bonds. The SMILES string of the molecule is O=C(CCC(=O)c1ccc2c(c1)OCCO2)Nc1ccccc1N1CCOCC1. The maximum atomic E-state index is 12.5. The number of para-hydroxylation sites is 2. The van der Waals surface area contributed by atoms with Gasteiger partial charge in [0.15, 0.2) is 17.3 Å². The number of nitrogens with one attached hydrogen (secondary N) is 1. The Bertz CT molecular complexity index is 893. The molecule has 1 fully saturated rings. The molecule has 152 valence electrons. The number of hydrogen-bond acceptors (Lipinski definition) is 6. The van der Waals surface area contributed by atoms with Crippen LogP contribution in [0.25, 0.3) is 0 Å². The molecule has 0 aliphatic carbocycles. The molecule has 0 aromatic heterocycles. The highest BCUT2D eigenvalue weighted by atomic mass is 16.6. The van der Waals surface area contributed by atoms with E-state index in [1.807, 2.05) is 24.3 Å². The minimum atomic E-state index is -0.184. The highest BCUT2D eigenvalue weighted by Crippen LogP contribution is 2.31. The maximum Gasteiger partial charge on any atom is 0.224 e. The third-order valence-electron chi connectivity index (χ3n) is 4.97. The second kappa shape index (κ2) is 8.96. The number of Topliss-reactive ketones (excluding diaryl/α,β-unsaturated/α-hetero) is 1. The molecular formula is C22H24N2O5. The number of fused-ring (bicyclic) bond motifs is 1. The van der Waals surface area contributed by atoms with E-state index in [0.29, 0.717) is 43.5 Å². The zero-order chi connectivity index (χ0) is 20.1. The molecule has 4 rings (SSSR count). The highest BCUT2D eigenvalue weighted by molar-refractivity contribution is 6.01. The molecule has 0 saturated carbocycles. The Hall–Kier alpha value is -3.06. The summed E-state index contributed by atoms with van der Waals surface area (Å²) in [6.45, 7) is 3.89. The zero-order valence-electron chi connectivity index (χ0n) is 16.2. The van der Waals surface area contributed by atoms with Gasteiger partial charge in [0.05, 0.1) is 24.6 Å². The van der Waals surface area contributed by atoms with E-state index < -0.39 is 0 Å². The second-order valence-corrected chi connectivity index (χ2v) is 6.95. The Labute approximate surface area is 169 Å². The number of ketones is 1. The molecule has 2 aromatic carbocycles. The van der Waals surface area contributed by atoms with Crippen molar-refractivity contribution < 1.29 is 23.8 Å². The predicted octanol–water partition coefficient (Wildman–Crippen LogP) is 2.90. The van der Waals surface area contributed by atoms with Gasteiger partial charge in [-0.15, -0.1) is 0 Å². The molecule has 7 heteroatoms. The predicted molar refractivity (Wildman–Crippen MR) is 109 cm³/mol. The minimum Gasteiger partial charge on any atom is -0.486 e. The quantitative estimate of drug-likeness (QED) is 0.757. The lowest BCUT2D eigenvalue weighted by molar-refractivity contribution is -0.116. The molecule has 1 saturated heterocycles. The number of carbonyl (C=O) groups excluding carboxylic acids is 2. The van der Waals surface area contributed by atoms with Gasteiger partial charge in [-0.3, -0.25) is 9.59 Å². The first-order chi connectivity index (χ1) is 14.2. The van der Waals surface area contributed by atoms with Crippen molar-refractivity contribution in [2.75, 3.05) is 49.7 Å². The highest BCUT2D eigenvalue weighted by Gasteiger charge is 2.18. The van der Waals surface area contributed by atoms with Crippen LogP contribution in [0.2, 0.25) is 0 Å². The van der Waals surface area contributed by atoms with Crippen molar-refractivity contribution in [2.45, 2.75) is 12.8 Å². The van der Waals surface area contributed by atoms with Crippen molar-refractivity contribution in [3.8, 4) is 11.5 Å². The van der Waals surface area contributed by atoms with Crippen molar-refractivity contribution in [3.05, 3.63) is 48.0 Å². The summed E-state index contributed by atoms with van der Waals surface area (Å²) in [6, 6.07) is 12.8. The standard InChI is InChI=1S/C22H24N2O5/c25-19(16-5-7-20-21(15-16)29-14-13-28-20)6-8-22(26)23-17-3-1-2-4-18(17)24-9-11-27-12-10-24/h1-5,7,15H,6,8-14H2,(H,23,26). The van der Waals surface area contributed by atoms with Gasteiger partial charge in [0.2, 0.25) is 5.91 Å². The average molecular weight is 396 g/mol. The number of rotatable bonds is 6. The van der Waals surface area contributed by atoms with E-state index in [2.05, 4.69) is 10.2 Å². The third-order valence-corrected chi connectivity index (χ3v) is 4.97. The molecule has 1 N–H and O–H groups in total. The van der Waals surface area contributed by atoms with Gasteiger partial charge in [0.1, 0.15) is 13.2 Å². The monoisotopic (exact) mass is 396 g/mol. The van der Waals surface area contributed by atoms with Crippen molar-refractivity contribution >= 4 is 23.1 Å². The van der Waals surface area contributed by atoms with Crippen LogP contribution in [0, 0.1) is 0 Å². The fourth-order valence-electron chi connectivity index (χ4n) is 3.46. The number of hydrogen-bond donors (Lipinski definition) is 1. The molecule has 0 bridgehead atoms. The Morgan fingerprint density at radius 1 is 0.897 bits per heavy atom. The number of morpholine rings is 1. The molecule has 0 radical (unpaired) electrons. The lowest BCUT2D eigenvalue weighted by Crippen LogP contribution is -2.36. The van der Waals surface area contributed by atoms with Crippen LogP contribution in [0.1, 0.15) is 23.2 Å². The van der Waals surface area contributed by atoms with Crippen molar-refractivity contribution in [1.82, 2.24) is 0 Å². The number of anilines is 2. The van der Waals surface area contributed by atoms with E-state index in [-0.39, 0.29) is 24.5 Å². The van der Waals surface area contributed by atoms with Crippen LogP contribution in [0.3, 0.4) is 0 Å². The number of amides is 1. The van der Waals surface area contributed by atoms with E-state index in [9.17, 15) is 9.59 Å². The van der Waals surface area contributed by atoms with Gasteiger partial charge in [-0.2, -0.15) is 0 Å². The van der Waals surface area contributed by atoms with Gasteiger partial charge in [-0.05, 0) is 30.3 Å². The summed E-state index contributed by atoms with van der Waals surface area (Å²) in [5.74, 6) is 0.937. The van der Waals surface area contributed by atoms with E-state index in [1.54, 1.807) is 18.2 Å². The fourth-order valence-corrected chi connectivity index (χ4v) is 3.46. The van der Waals surface area contributed by atoms with Crippen LogP contribution in [0.5, 0.6) is 11.5 Å². The normalized spacial score (nSPS) is 15.7. The van der Waals surface area contributed by atoms with Crippen LogP contribution in [0.15, 0.2) is 42.5 Å². The zero-order valence-corrected chi connectivity index (χ0v) is 16.2. The van der Waals surface area contributed by atoms with Crippen molar-refractivity contribution in [3.63, 3.8) is 0 Å². The molecule has 0 atom stereocenters. The molecule has 7 nitrogen and oxygen atoms in total. The Balaban J connectivity index is 1.35. The van der Waals surface area contributed by atoms with Crippen LogP contribution in [0.4, 0.5) is 11.4 Å². The first kappa shape index (κ1) is 19.3. The molecule has 2 heterocycles. The first-order valence-corrected chi connectivity index (χ1v) is 9.85. The van der Waals surface area contributed by atoms with Crippen LogP contribution in [-0.4, -0.2) is 51.2 Å². The van der Waals surface area contributed by atoms with Gasteiger partial charge >= 0.3 is 0 Å². The number of ether oxygens (including phenoxy) is 3. The molecule has 29 heavy (non-hydrogen) atoms. The van der Waals surface area contributed by atoms with E-state index in [0.717, 1.165) is 24.5 Å². The van der Waals surface area contributed by atoms with Gasteiger partial charge < -0.3 is 24.4 Å². The summed E-state index contributed by atoms with van der Waals surface area (Å²) in [4.78, 5) is 27.2. The van der Waals surface area contributed by atoms with Crippen LogP contribution in [-0.2, 0) is 9.53 Å². The lowest BCUT2D eigenvalue weighted by Gasteiger charge is -2.30. The number of nitrogens with zero attached hydrogens (tertiary/aromatic N) is 1. The summed E-state index contributed by atoms with van der Waals surface area (Å²) in [6.07, 6.45) is 0.246.